The fourth-order valence-electron chi connectivity index (χ4n) is 11.1. The summed E-state index contributed by atoms with van der Waals surface area (Å²) in [5, 5.41) is 22.1. The maximum atomic E-state index is 12.3. The van der Waals surface area contributed by atoms with Gasteiger partial charge in [-0.3, -0.25) is 24.0 Å². The van der Waals surface area contributed by atoms with Gasteiger partial charge in [0, 0.05) is 54.3 Å². The van der Waals surface area contributed by atoms with Gasteiger partial charge in [0.25, 0.3) is 11.8 Å². The first-order chi connectivity index (χ1) is 50.9. The third kappa shape index (κ3) is 23.2. The van der Waals surface area contributed by atoms with E-state index in [0.717, 1.165) is 93.3 Å². The molecule has 0 bridgehead atoms. The van der Waals surface area contributed by atoms with Gasteiger partial charge in [0.2, 0.25) is 17.7 Å². The van der Waals surface area contributed by atoms with Crippen molar-refractivity contribution in [3.63, 3.8) is 0 Å². The van der Waals surface area contributed by atoms with Crippen LogP contribution in [0, 0.1) is 17.8 Å². The summed E-state index contributed by atoms with van der Waals surface area (Å²) in [6, 6.07) is 67.7. The van der Waals surface area contributed by atoms with Crippen LogP contribution in [0.3, 0.4) is 0 Å². The summed E-state index contributed by atoms with van der Waals surface area (Å²) in [7, 11) is 1.60. The minimum atomic E-state index is -0.101. The van der Waals surface area contributed by atoms with Crippen LogP contribution in [0.4, 0.5) is 0 Å². The smallest absolute Gasteiger partial charge is 0.251 e. The molecule has 6 aromatic carbocycles. The minimum Gasteiger partial charge on any atom is -0.497 e. The van der Waals surface area contributed by atoms with Crippen molar-refractivity contribution in [1.29, 1.82) is 0 Å². The average Bonchev–Trinajstić information content (AvgIpc) is 1.67. The van der Waals surface area contributed by atoms with E-state index in [-0.39, 0.29) is 47.8 Å². The quantitative estimate of drug-likeness (QED) is 0.0744. The maximum Gasteiger partial charge on any atom is 0.251 e. The summed E-state index contributed by atoms with van der Waals surface area (Å²) >= 11 is 5.84. The Labute approximate surface area is 610 Å². The summed E-state index contributed by atoms with van der Waals surface area (Å²) in [6.07, 6.45) is 40.8. The van der Waals surface area contributed by atoms with E-state index >= 15 is 0 Å². The summed E-state index contributed by atoms with van der Waals surface area (Å²) in [5.74, 6) is 2.61. The Morgan fingerprint density at radius 1 is 0.394 bits per heavy atom. The molecule has 0 atom stereocenters. The second-order valence-electron chi connectivity index (χ2n) is 25.2. The Balaban J connectivity index is 0.000000131. The number of furan rings is 1. The van der Waals surface area contributed by atoms with E-state index in [2.05, 4.69) is 25.5 Å². The van der Waals surface area contributed by atoms with Crippen LogP contribution in [0.1, 0.15) is 156 Å². The van der Waals surface area contributed by atoms with Gasteiger partial charge in [0.1, 0.15) is 11.5 Å². The van der Waals surface area contributed by atoms with E-state index in [1.165, 1.54) is 55.5 Å². The SMILES string of the molecule is COc1cccc(CC(=O)n2ccc(/C=C/c3ccco3)n2)c1.O=C(C1CC1)n1ccc(/C=C/c2ccccc2)n1.O=C(C1CCC1)n1ccc(/C=C/c2ccccc2)n1.O=C(CC1CCCC1)n1ccc(/C=C/c2ccccc2)n1.O=C(Cc1ccc(Cl)cc1)n1ccc(/C=C/c2ccccc2)n1. The molecule has 0 unspecified atom stereocenters. The van der Waals surface area contributed by atoms with Gasteiger partial charge in [-0.05, 0) is 181 Å². The lowest BCUT2D eigenvalue weighted by Gasteiger charge is -2.22. The third-order valence-corrected chi connectivity index (χ3v) is 17.5. The van der Waals surface area contributed by atoms with Gasteiger partial charge in [0.15, 0.2) is 0 Å². The van der Waals surface area contributed by atoms with E-state index in [1.54, 1.807) is 74.7 Å². The molecule has 3 aliphatic rings. The molecule has 3 aliphatic carbocycles. The minimum absolute atomic E-state index is 0.0771. The average molecular weight is 1400 g/mol. The van der Waals surface area contributed by atoms with E-state index in [1.807, 2.05) is 243 Å². The van der Waals surface area contributed by atoms with Crippen molar-refractivity contribution in [2.24, 2.45) is 17.8 Å². The van der Waals surface area contributed by atoms with Gasteiger partial charge in [-0.25, -0.2) is 23.4 Å². The number of halogens is 1. The van der Waals surface area contributed by atoms with Crippen LogP contribution in [0.5, 0.6) is 5.75 Å². The van der Waals surface area contributed by atoms with Crippen LogP contribution in [0.15, 0.2) is 254 Å². The number of rotatable bonds is 19. The monoisotopic (exact) mass is 1400 g/mol. The van der Waals surface area contributed by atoms with Gasteiger partial charge >= 0.3 is 0 Å². The molecule has 0 N–H and O–H groups in total. The molecule has 104 heavy (non-hydrogen) atoms. The number of nitrogens with zero attached hydrogens (tertiary/aromatic N) is 10. The molecular weight excluding hydrogens is 1320 g/mol. The number of hydrogen-bond acceptors (Lipinski definition) is 12. The van der Waals surface area contributed by atoms with E-state index < -0.39 is 0 Å². The topological polar surface area (TPSA) is 197 Å². The Kier molecular flexibility index (Phi) is 26.7. The molecule has 0 saturated heterocycles. The molecule has 17 nitrogen and oxygen atoms in total. The Morgan fingerprint density at radius 3 is 1.18 bits per heavy atom. The predicted molar refractivity (Wildman–Crippen MR) is 412 cm³/mol. The Bertz CT molecular complexity index is 4860. The van der Waals surface area contributed by atoms with Crippen LogP contribution in [-0.2, 0) is 12.8 Å². The molecule has 3 fully saturated rings. The second kappa shape index (κ2) is 38.0. The summed E-state index contributed by atoms with van der Waals surface area (Å²) < 4.78 is 17.5. The number of carbonyl (C=O) groups excluding carboxylic acids is 5. The third-order valence-electron chi connectivity index (χ3n) is 17.3. The molecule has 0 aliphatic heterocycles. The molecule has 6 heterocycles. The first-order valence-electron chi connectivity index (χ1n) is 34.9. The fourth-order valence-corrected chi connectivity index (χ4v) is 11.3. The highest BCUT2D eigenvalue weighted by Crippen LogP contribution is 2.31. The van der Waals surface area contributed by atoms with Crippen LogP contribution < -0.4 is 4.74 Å². The van der Waals surface area contributed by atoms with Crippen molar-refractivity contribution in [3.8, 4) is 5.75 Å². The highest BCUT2D eigenvalue weighted by atomic mass is 35.5. The fraction of sp³-hybridized carbons (Fsp3) is 0.186. The number of ether oxygens (including phenoxy) is 1. The van der Waals surface area contributed by atoms with Crippen molar-refractivity contribution in [2.45, 2.75) is 77.0 Å². The normalized spacial score (nSPS) is 13.5. The van der Waals surface area contributed by atoms with Crippen molar-refractivity contribution in [1.82, 2.24) is 48.9 Å². The van der Waals surface area contributed by atoms with Crippen LogP contribution >= 0.6 is 11.6 Å². The van der Waals surface area contributed by atoms with Gasteiger partial charge < -0.3 is 9.15 Å². The van der Waals surface area contributed by atoms with Gasteiger partial charge in [-0.2, -0.15) is 25.5 Å². The Hall–Kier alpha value is -12.2. The van der Waals surface area contributed by atoms with Crippen molar-refractivity contribution < 1.29 is 33.1 Å². The molecule has 12 aromatic rings. The van der Waals surface area contributed by atoms with E-state index in [0.29, 0.717) is 29.5 Å². The largest absolute Gasteiger partial charge is 0.497 e. The first-order valence-corrected chi connectivity index (χ1v) is 35.3. The molecule has 6 aromatic heterocycles. The summed E-state index contributed by atoms with van der Waals surface area (Å²) in [5.41, 5.74) is 10.2. The van der Waals surface area contributed by atoms with Crippen LogP contribution in [0.25, 0.3) is 60.8 Å². The number of carbonyl (C=O) groups is 5. The second-order valence-corrected chi connectivity index (χ2v) is 25.6. The molecule has 0 amide bonds. The molecule has 15 rings (SSSR count). The van der Waals surface area contributed by atoms with Gasteiger partial charge in [0.05, 0.1) is 54.7 Å². The lowest BCUT2D eigenvalue weighted by molar-refractivity contribution is 0.0745. The molecule has 0 spiro atoms. The van der Waals surface area contributed by atoms with Crippen molar-refractivity contribution in [2.75, 3.05) is 7.11 Å². The lowest BCUT2D eigenvalue weighted by Crippen LogP contribution is -2.27. The molecule has 0 radical (unpaired) electrons. The lowest BCUT2D eigenvalue weighted by atomic mass is 9.85. The first kappa shape index (κ1) is 73.0. The maximum absolute atomic E-state index is 12.3. The van der Waals surface area contributed by atoms with Gasteiger partial charge in [-0.1, -0.05) is 201 Å². The number of benzene rings is 6. The summed E-state index contributed by atoms with van der Waals surface area (Å²) in [4.78, 5) is 60.4. The zero-order valence-corrected chi connectivity index (χ0v) is 58.6. The molecule has 3 saturated carbocycles. The van der Waals surface area contributed by atoms with Crippen molar-refractivity contribution in [3.05, 3.63) is 322 Å². The van der Waals surface area contributed by atoms with Crippen LogP contribution in [0.2, 0.25) is 5.02 Å². The number of methoxy groups -OCH3 is 1. The standard InChI is InChI=1S/C19H15ClN2O.C18H16N2O3.C18H20N2O.C16H16N2O.C15H14N2O/c20-17-9-6-16(7-10-17)14-19(23)22-13-12-18(21-22)11-8-15-4-2-1-3-5-15;1-22-17-5-2-4-14(12-17)13-18(21)20-10-9-15(19-20)7-8-16-6-3-11-23-16;21-18(14-16-8-4-5-9-16)20-13-12-17(19-20)11-10-15-6-2-1-3-7-15;19-16(14-7-4-8-14)18-12-11-15(17-18)10-9-13-5-2-1-3-6-13;18-15(13-7-8-13)17-11-10-14(16-17)9-6-12-4-2-1-3-5-12/h1-13H,14H2;2-12H,13H2,1H3;1-3,6-7,10-13,16H,4-5,8-9,14H2;1-3,5-6,9-12,14H,4,7-8H2;1-6,9-11,13H,7-8H2/b11-8+;8-7+;11-10+;10-9+;9-6+. The Morgan fingerprint density at radius 2 is 0.788 bits per heavy atom. The highest BCUT2D eigenvalue weighted by molar-refractivity contribution is 6.30. The number of hydrogen-bond donors (Lipinski definition) is 0. The van der Waals surface area contributed by atoms with Gasteiger partial charge in [-0.15, -0.1) is 0 Å². The molecule has 18 heteroatoms. The number of aromatic nitrogens is 10. The zero-order valence-electron chi connectivity index (χ0n) is 57.9. The zero-order chi connectivity index (χ0) is 72.1. The van der Waals surface area contributed by atoms with Crippen molar-refractivity contribution >= 4 is 102 Å². The highest BCUT2D eigenvalue weighted by Gasteiger charge is 2.31. The van der Waals surface area contributed by atoms with Crippen LogP contribution in [-0.4, -0.2) is 85.5 Å². The van der Waals surface area contributed by atoms with E-state index in [9.17, 15) is 24.0 Å². The molecule has 524 valence electrons. The molecular formula is C86H81ClN10O7. The summed E-state index contributed by atoms with van der Waals surface area (Å²) in [6.45, 7) is 0. The van der Waals surface area contributed by atoms with E-state index in [4.69, 9.17) is 20.8 Å². The predicted octanol–water partition coefficient (Wildman–Crippen LogP) is 19.0.